The van der Waals surface area contributed by atoms with Gasteiger partial charge in [0.15, 0.2) is 5.96 Å². The standard InChI is InChI=1S/C20H33N5O.HI/c1-4-21-20(22-13-12-19(26)24(2)3)23-16-18(25-14-8-9-15-25)17-10-6-5-7-11-17;/h5-7,10-11,18H,4,8-9,12-16H2,1-3H3,(H2,21,22,23);1H. The van der Waals surface area contributed by atoms with Crippen molar-refractivity contribution in [2.75, 3.05) is 46.8 Å². The largest absolute Gasteiger partial charge is 0.357 e. The van der Waals surface area contributed by atoms with Gasteiger partial charge in [0.1, 0.15) is 0 Å². The van der Waals surface area contributed by atoms with Crippen molar-refractivity contribution in [1.82, 2.24) is 20.4 Å². The Morgan fingerprint density at radius 2 is 1.85 bits per heavy atom. The molecule has 1 aliphatic rings. The predicted octanol–water partition coefficient (Wildman–Crippen LogP) is 2.47. The third-order valence-electron chi connectivity index (χ3n) is 4.66. The molecular formula is C20H34IN5O. The number of halogens is 1. The lowest BCUT2D eigenvalue weighted by Gasteiger charge is -2.27. The summed E-state index contributed by atoms with van der Waals surface area (Å²) in [5, 5.41) is 6.56. The number of rotatable bonds is 8. The van der Waals surface area contributed by atoms with Gasteiger partial charge in [0.25, 0.3) is 0 Å². The lowest BCUT2D eigenvalue weighted by atomic mass is 10.1. The van der Waals surface area contributed by atoms with Crippen LogP contribution in [-0.4, -0.2) is 68.5 Å². The maximum Gasteiger partial charge on any atom is 0.223 e. The minimum atomic E-state index is 0. The number of nitrogens with zero attached hydrogens (tertiary/aromatic N) is 3. The zero-order valence-corrected chi connectivity index (χ0v) is 19.1. The van der Waals surface area contributed by atoms with Gasteiger partial charge >= 0.3 is 0 Å². The maximum atomic E-state index is 11.7. The molecule has 7 heteroatoms. The van der Waals surface area contributed by atoms with Crippen molar-refractivity contribution in [3.05, 3.63) is 35.9 Å². The first-order valence-electron chi connectivity index (χ1n) is 9.63. The van der Waals surface area contributed by atoms with E-state index in [1.807, 2.05) is 0 Å². The fraction of sp³-hybridized carbons (Fsp3) is 0.600. The summed E-state index contributed by atoms with van der Waals surface area (Å²) < 4.78 is 0. The summed E-state index contributed by atoms with van der Waals surface area (Å²) in [6.45, 7) is 6.42. The number of guanidine groups is 1. The van der Waals surface area contributed by atoms with Crippen LogP contribution >= 0.6 is 24.0 Å². The van der Waals surface area contributed by atoms with Crippen molar-refractivity contribution in [2.45, 2.75) is 32.2 Å². The number of likely N-dealkylation sites (tertiary alicyclic amines) is 1. The molecule has 0 aliphatic carbocycles. The highest BCUT2D eigenvalue weighted by Crippen LogP contribution is 2.25. The second kappa shape index (κ2) is 12.9. The third kappa shape index (κ3) is 8.04. The summed E-state index contributed by atoms with van der Waals surface area (Å²) in [5.74, 6) is 0.895. The lowest BCUT2D eigenvalue weighted by molar-refractivity contribution is -0.128. The molecule has 2 N–H and O–H groups in total. The SMILES string of the molecule is CCNC(=NCC(c1ccccc1)N1CCCC1)NCCC(=O)N(C)C.I. The van der Waals surface area contributed by atoms with Gasteiger partial charge in [0, 0.05) is 33.6 Å². The fourth-order valence-corrected chi connectivity index (χ4v) is 3.19. The minimum Gasteiger partial charge on any atom is -0.357 e. The highest BCUT2D eigenvalue weighted by molar-refractivity contribution is 14.0. The van der Waals surface area contributed by atoms with Crippen molar-refractivity contribution in [2.24, 2.45) is 4.99 Å². The number of nitrogens with one attached hydrogen (secondary N) is 2. The van der Waals surface area contributed by atoms with Crippen LogP contribution < -0.4 is 10.6 Å². The number of aliphatic imine (C=N–C) groups is 1. The molecule has 152 valence electrons. The van der Waals surface area contributed by atoms with Crippen LogP contribution in [0, 0.1) is 0 Å². The second-order valence-electron chi connectivity index (χ2n) is 6.85. The Balaban J connectivity index is 0.00000364. The monoisotopic (exact) mass is 487 g/mol. The number of benzene rings is 1. The molecule has 0 radical (unpaired) electrons. The van der Waals surface area contributed by atoms with Crippen LogP contribution in [-0.2, 0) is 4.79 Å². The van der Waals surface area contributed by atoms with E-state index in [0.717, 1.165) is 25.6 Å². The predicted molar refractivity (Wildman–Crippen MR) is 123 cm³/mol. The lowest BCUT2D eigenvalue weighted by Crippen LogP contribution is -2.40. The first-order valence-corrected chi connectivity index (χ1v) is 9.63. The van der Waals surface area contributed by atoms with E-state index in [1.165, 1.54) is 18.4 Å². The number of amides is 1. The molecule has 1 unspecified atom stereocenters. The molecule has 27 heavy (non-hydrogen) atoms. The zero-order valence-electron chi connectivity index (χ0n) is 16.8. The van der Waals surface area contributed by atoms with E-state index < -0.39 is 0 Å². The van der Waals surface area contributed by atoms with Crippen LogP contribution in [0.1, 0.15) is 37.8 Å². The van der Waals surface area contributed by atoms with E-state index >= 15 is 0 Å². The summed E-state index contributed by atoms with van der Waals surface area (Å²) in [6, 6.07) is 10.9. The summed E-state index contributed by atoms with van der Waals surface area (Å²) in [6.07, 6.45) is 2.99. The molecule has 1 aliphatic heterocycles. The molecule has 1 heterocycles. The molecule has 2 rings (SSSR count). The van der Waals surface area contributed by atoms with Gasteiger partial charge in [-0.1, -0.05) is 30.3 Å². The highest BCUT2D eigenvalue weighted by Gasteiger charge is 2.23. The number of carbonyl (C=O) groups excluding carboxylic acids is 1. The van der Waals surface area contributed by atoms with Crippen LogP contribution in [0.15, 0.2) is 35.3 Å². The van der Waals surface area contributed by atoms with E-state index in [2.05, 4.69) is 52.8 Å². The average Bonchev–Trinajstić information content (AvgIpc) is 3.17. The maximum absolute atomic E-state index is 11.7. The molecule has 1 aromatic carbocycles. The first-order chi connectivity index (χ1) is 12.6. The Labute approximate surface area is 180 Å². The molecule has 0 spiro atoms. The Bertz CT molecular complexity index is 573. The van der Waals surface area contributed by atoms with Crippen LogP contribution in [0.2, 0.25) is 0 Å². The Hall–Kier alpha value is -1.35. The van der Waals surface area contributed by atoms with Crippen molar-refractivity contribution < 1.29 is 4.79 Å². The Kier molecular flexibility index (Phi) is 11.3. The number of hydrogen-bond acceptors (Lipinski definition) is 3. The van der Waals surface area contributed by atoms with Crippen LogP contribution in [0.5, 0.6) is 0 Å². The van der Waals surface area contributed by atoms with Crippen molar-refractivity contribution >= 4 is 35.8 Å². The topological polar surface area (TPSA) is 60.0 Å². The van der Waals surface area contributed by atoms with E-state index in [-0.39, 0.29) is 29.9 Å². The summed E-state index contributed by atoms with van der Waals surface area (Å²) in [4.78, 5) is 20.7. The Morgan fingerprint density at radius 3 is 2.44 bits per heavy atom. The van der Waals surface area contributed by atoms with Crippen LogP contribution in [0.3, 0.4) is 0 Å². The molecule has 0 aromatic heterocycles. The molecule has 1 amide bonds. The average molecular weight is 487 g/mol. The molecular weight excluding hydrogens is 453 g/mol. The van der Waals surface area contributed by atoms with Crippen molar-refractivity contribution in [3.8, 4) is 0 Å². The van der Waals surface area contributed by atoms with Gasteiger partial charge in [0.2, 0.25) is 5.91 Å². The van der Waals surface area contributed by atoms with Gasteiger partial charge in [-0.05, 0) is 38.4 Å². The van der Waals surface area contributed by atoms with Gasteiger partial charge in [-0.15, -0.1) is 24.0 Å². The quantitative estimate of drug-likeness (QED) is 0.336. The van der Waals surface area contributed by atoms with Gasteiger partial charge in [-0.25, -0.2) is 0 Å². The molecule has 6 nitrogen and oxygen atoms in total. The molecule has 1 atom stereocenters. The zero-order chi connectivity index (χ0) is 18.8. The summed E-state index contributed by atoms with van der Waals surface area (Å²) in [7, 11) is 3.56. The highest BCUT2D eigenvalue weighted by atomic mass is 127. The molecule has 1 saturated heterocycles. The third-order valence-corrected chi connectivity index (χ3v) is 4.66. The van der Waals surface area contributed by atoms with E-state index in [0.29, 0.717) is 25.6 Å². The van der Waals surface area contributed by atoms with Crippen molar-refractivity contribution in [3.63, 3.8) is 0 Å². The van der Waals surface area contributed by atoms with Crippen molar-refractivity contribution in [1.29, 1.82) is 0 Å². The smallest absolute Gasteiger partial charge is 0.223 e. The van der Waals surface area contributed by atoms with E-state index in [9.17, 15) is 4.79 Å². The fourth-order valence-electron chi connectivity index (χ4n) is 3.19. The number of hydrogen-bond donors (Lipinski definition) is 2. The summed E-state index contributed by atoms with van der Waals surface area (Å²) in [5.41, 5.74) is 1.32. The van der Waals surface area contributed by atoms with Gasteiger partial charge in [0.05, 0.1) is 12.6 Å². The minimum absolute atomic E-state index is 0. The molecule has 0 saturated carbocycles. The molecule has 0 bridgehead atoms. The van der Waals surface area contributed by atoms with Crippen LogP contribution in [0.4, 0.5) is 0 Å². The normalized spacial score (nSPS) is 15.7. The number of carbonyl (C=O) groups is 1. The van der Waals surface area contributed by atoms with E-state index in [1.54, 1.807) is 19.0 Å². The molecule has 1 aromatic rings. The van der Waals surface area contributed by atoms with E-state index in [4.69, 9.17) is 4.99 Å². The van der Waals surface area contributed by atoms with Gasteiger partial charge in [-0.3, -0.25) is 14.7 Å². The summed E-state index contributed by atoms with van der Waals surface area (Å²) >= 11 is 0. The Morgan fingerprint density at radius 1 is 1.19 bits per heavy atom. The second-order valence-corrected chi connectivity index (χ2v) is 6.85. The molecule has 1 fully saturated rings. The van der Waals surface area contributed by atoms with Gasteiger partial charge in [-0.2, -0.15) is 0 Å². The van der Waals surface area contributed by atoms with Gasteiger partial charge < -0.3 is 15.5 Å². The first kappa shape index (κ1) is 23.7. The van der Waals surface area contributed by atoms with Crippen LogP contribution in [0.25, 0.3) is 0 Å².